The van der Waals surface area contributed by atoms with Crippen molar-refractivity contribution in [2.45, 2.75) is 18.4 Å². The number of rotatable bonds is 6. The Bertz CT molecular complexity index is 1060. The second kappa shape index (κ2) is 8.04. The summed E-state index contributed by atoms with van der Waals surface area (Å²) >= 11 is 5.87. The zero-order valence-electron chi connectivity index (χ0n) is 14.3. The summed E-state index contributed by atoms with van der Waals surface area (Å²) in [5.41, 5.74) is 1.21. The first-order chi connectivity index (χ1) is 12.8. The number of halogens is 2. The lowest BCUT2D eigenvalue weighted by Gasteiger charge is -2.10. The largest absolute Gasteiger partial charge is 0.439 e. The normalized spacial score (nSPS) is 11.4. The van der Waals surface area contributed by atoms with Crippen molar-refractivity contribution in [2.75, 3.05) is 0 Å². The second-order valence-electron chi connectivity index (χ2n) is 5.80. The number of hydrogen-bond acceptors (Lipinski definition) is 4. The van der Waals surface area contributed by atoms with Gasteiger partial charge in [-0.05, 0) is 48.4 Å². The fourth-order valence-electron chi connectivity index (χ4n) is 2.40. The number of benzene rings is 2. The van der Waals surface area contributed by atoms with Crippen LogP contribution in [-0.4, -0.2) is 13.4 Å². The smallest absolute Gasteiger partial charge is 0.241 e. The van der Waals surface area contributed by atoms with E-state index in [0.717, 1.165) is 0 Å². The predicted molar refractivity (Wildman–Crippen MR) is 101 cm³/mol. The quantitative estimate of drug-likeness (QED) is 0.656. The van der Waals surface area contributed by atoms with Crippen molar-refractivity contribution < 1.29 is 17.5 Å². The number of aromatic nitrogens is 1. The summed E-state index contributed by atoms with van der Waals surface area (Å²) in [6, 6.07) is 13.6. The summed E-state index contributed by atoms with van der Waals surface area (Å²) in [5.74, 6) is 0.200. The van der Waals surface area contributed by atoms with Gasteiger partial charge in [-0.2, -0.15) is 0 Å². The molecule has 0 aliphatic rings. The van der Waals surface area contributed by atoms with Crippen LogP contribution in [0.3, 0.4) is 0 Å². The number of pyridine rings is 1. The molecule has 0 saturated heterocycles. The van der Waals surface area contributed by atoms with E-state index < -0.39 is 15.8 Å². The van der Waals surface area contributed by atoms with Gasteiger partial charge in [-0.25, -0.2) is 22.5 Å². The first-order valence-electron chi connectivity index (χ1n) is 7.98. The second-order valence-corrected chi connectivity index (χ2v) is 7.97. The highest BCUT2D eigenvalue weighted by Crippen LogP contribution is 2.21. The van der Waals surface area contributed by atoms with E-state index in [0.29, 0.717) is 21.9 Å². The highest BCUT2D eigenvalue weighted by Gasteiger charge is 2.16. The topological polar surface area (TPSA) is 68.3 Å². The Balaban J connectivity index is 1.66. The lowest BCUT2D eigenvalue weighted by Crippen LogP contribution is -2.24. The molecule has 0 unspecified atom stereocenters. The van der Waals surface area contributed by atoms with Gasteiger partial charge in [0.15, 0.2) is 0 Å². The Morgan fingerprint density at radius 1 is 1.15 bits per heavy atom. The van der Waals surface area contributed by atoms with Gasteiger partial charge in [-0.1, -0.05) is 23.7 Å². The SMILES string of the molecule is Cc1cc(Cl)ccc1S(=O)(=O)NCc1ccc(Oc2cccc(F)c2)nc1. The van der Waals surface area contributed by atoms with Crippen molar-refractivity contribution >= 4 is 21.6 Å². The van der Waals surface area contributed by atoms with E-state index in [-0.39, 0.29) is 17.3 Å². The van der Waals surface area contributed by atoms with Gasteiger partial charge in [0.05, 0.1) is 4.90 Å². The van der Waals surface area contributed by atoms with Gasteiger partial charge in [-0.15, -0.1) is 0 Å². The van der Waals surface area contributed by atoms with Crippen LogP contribution in [0.4, 0.5) is 4.39 Å². The maximum absolute atomic E-state index is 13.2. The van der Waals surface area contributed by atoms with Gasteiger partial charge < -0.3 is 4.74 Å². The average Bonchev–Trinajstić information content (AvgIpc) is 2.61. The van der Waals surface area contributed by atoms with Crippen LogP contribution in [0.1, 0.15) is 11.1 Å². The maximum Gasteiger partial charge on any atom is 0.241 e. The summed E-state index contributed by atoms with van der Waals surface area (Å²) in [4.78, 5) is 4.28. The molecule has 0 aliphatic heterocycles. The fourth-order valence-corrected chi connectivity index (χ4v) is 3.87. The number of nitrogens with one attached hydrogen (secondary N) is 1. The Labute approximate surface area is 161 Å². The standard InChI is InChI=1S/C19H16ClFN2O3S/c1-13-9-15(20)6-7-18(13)27(24,25)23-12-14-5-8-19(22-11-14)26-17-4-2-3-16(21)10-17/h2-11,23H,12H2,1H3. The van der Waals surface area contributed by atoms with Gasteiger partial charge >= 0.3 is 0 Å². The summed E-state index contributed by atoms with van der Waals surface area (Å²) in [5, 5.41) is 0.476. The molecule has 0 amide bonds. The minimum atomic E-state index is -3.68. The molecule has 1 heterocycles. The lowest BCUT2D eigenvalue weighted by atomic mass is 10.2. The van der Waals surface area contributed by atoms with Crippen LogP contribution in [0.5, 0.6) is 11.6 Å². The zero-order chi connectivity index (χ0) is 19.4. The fraction of sp³-hybridized carbons (Fsp3) is 0.105. The third-order valence-corrected chi connectivity index (χ3v) is 5.51. The minimum Gasteiger partial charge on any atom is -0.439 e. The number of sulfonamides is 1. The van der Waals surface area contributed by atoms with Crippen LogP contribution in [-0.2, 0) is 16.6 Å². The Kier molecular flexibility index (Phi) is 5.74. The Morgan fingerprint density at radius 3 is 2.63 bits per heavy atom. The Morgan fingerprint density at radius 2 is 1.96 bits per heavy atom. The van der Waals surface area contributed by atoms with Crippen LogP contribution >= 0.6 is 11.6 Å². The molecule has 0 aliphatic carbocycles. The number of aryl methyl sites for hydroxylation is 1. The molecule has 0 fully saturated rings. The van der Waals surface area contributed by atoms with Crippen LogP contribution in [0.15, 0.2) is 65.7 Å². The Hall–Kier alpha value is -2.48. The zero-order valence-corrected chi connectivity index (χ0v) is 15.9. The average molecular weight is 407 g/mol. The van der Waals surface area contributed by atoms with Crippen molar-refractivity contribution in [3.8, 4) is 11.6 Å². The van der Waals surface area contributed by atoms with Crippen LogP contribution in [0.25, 0.3) is 0 Å². The number of ether oxygens (including phenoxy) is 1. The molecular formula is C19H16ClFN2O3S. The molecule has 1 aromatic heterocycles. The molecule has 0 spiro atoms. The van der Waals surface area contributed by atoms with Gasteiger partial charge in [-0.3, -0.25) is 0 Å². The van der Waals surface area contributed by atoms with E-state index in [1.165, 1.54) is 36.5 Å². The van der Waals surface area contributed by atoms with Gasteiger partial charge in [0.1, 0.15) is 11.6 Å². The number of nitrogens with zero attached hydrogens (tertiary/aromatic N) is 1. The highest BCUT2D eigenvalue weighted by atomic mass is 35.5. The van der Waals surface area contributed by atoms with Crippen LogP contribution in [0.2, 0.25) is 5.02 Å². The van der Waals surface area contributed by atoms with Crippen molar-refractivity contribution in [3.05, 3.63) is 82.8 Å². The molecule has 140 valence electrons. The van der Waals surface area contributed by atoms with Crippen molar-refractivity contribution in [2.24, 2.45) is 0 Å². The first-order valence-corrected chi connectivity index (χ1v) is 9.84. The summed E-state index contributed by atoms with van der Waals surface area (Å²) in [6.07, 6.45) is 1.49. The van der Waals surface area contributed by atoms with E-state index in [1.807, 2.05) is 0 Å². The molecule has 3 rings (SSSR count). The van der Waals surface area contributed by atoms with E-state index in [2.05, 4.69) is 9.71 Å². The molecule has 0 atom stereocenters. The van der Waals surface area contributed by atoms with Crippen LogP contribution in [0, 0.1) is 12.7 Å². The first kappa shape index (κ1) is 19.3. The molecule has 27 heavy (non-hydrogen) atoms. The van der Waals surface area contributed by atoms with Gasteiger partial charge in [0.25, 0.3) is 0 Å². The molecule has 5 nitrogen and oxygen atoms in total. The van der Waals surface area contributed by atoms with Gasteiger partial charge in [0, 0.05) is 29.9 Å². The van der Waals surface area contributed by atoms with E-state index >= 15 is 0 Å². The molecule has 3 aromatic rings. The van der Waals surface area contributed by atoms with E-state index in [9.17, 15) is 12.8 Å². The summed E-state index contributed by atoms with van der Waals surface area (Å²) < 4.78 is 46.0. The van der Waals surface area contributed by atoms with Crippen LogP contribution < -0.4 is 9.46 Å². The molecule has 8 heteroatoms. The maximum atomic E-state index is 13.2. The van der Waals surface area contributed by atoms with Crippen molar-refractivity contribution in [1.29, 1.82) is 0 Å². The third kappa shape index (κ3) is 5.03. The summed E-state index contributed by atoms with van der Waals surface area (Å²) in [6.45, 7) is 1.75. The molecule has 1 N–H and O–H groups in total. The van der Waals surface area contributed by atoms with E-state index in [4.69, 9.17) is 16.3 Å². The summed E-state index contributed by atoms with van der Waals surface area (Å²) in [7, 11) is -3.68. The number of hydrogen-bond donors (Lipinski definition) is 1. The van der Waals surface area contributed by atoms with E-state index in [1.54, 1.807) is 31.2 Å². The minimum absolute atomic E-state index is 0.0671. The molecule has 0 bridgehead atoms. The monoisotopic (exact) mass is 406 g/mol. The molecular weight excluding hydrogens is 391 g/mol. The van der Waals surface area contributed by atoms with Crippen molar-refractivity contribution in [3.63, 3.8) is 0 Å². The highest BCUT2D eigenvalue weighted by molar-refractivity contribution is 7.89. The van der Waals surface area contributed by atoms with Gasteiger partial charge in [0.2, 0.25) is 15.9 Å². The lowest BCUT2D eigenvalue weighted by molar-refractivity contribution is 0.457. The van der Waals surface area contributed by atoms with Crippen molar-refractivity contribution in [1.82, 2.24) is 9.71 Å². The third-order valence-electron chi connectivity index (χ3n) is 3.71. The molecule has 2 aromatic carbocycles. The molecule has 0 saturated carbocycles. The molecule has 0 radical (unpaired) electrons. The predicted octanol–water partition coefficient (Wildman–Crippen LogP) is 4.45.